The van der Waals surface area contributed by atoms with Crippen LogP contribution in [0.1, 0.15) is 26.3 Å². The summed E-state index contributed by atoms with van der Waals surface area (Å²) in [6.07, 6.45) is 3.22. The highest BCUT2D eigenvalue weighted by atomic mass is 19.1. The van der Waals surface area contributed by atoms with Gasteiger partial charge in [0.25, 0.3) is 17.4 Å². The number of aromatic nitrogens is 2. The van der Waals surface area contributed by atoms with Crippen molar-refractivity contribution in [1.29, 1.82) is 0 Å². The zero-order chi connectivity index (χ0) is 19.8. The van der Waals surface area contributed by atoms with Crippen LogP contribution in [0, 0.1) is 5.82 Å². The highest BCUT2D eigenvalue weighted by molar-refractivity contribution is 6.23. The third-order valence-electron chi connectivity index (χ3n) is 4.24. The van der Waals surface area contributed by atoms with Gasteiger partial charge in [0, 0.05) is 30.1 Å². The summed E-state index contributed by atoms with van der Waals surface area (Å²) >= 11 is 0. The average Bonchev–Trinajstić information content (AvgIpc) is 2.95. The average molecular weight is 380 g/mol. The second-order valence-electron chi connectivity index (χ2n) is 6.04. The van der Waals surface area contributed by atoms with Crippen molar-refractivity contribution >= 4 is 17.6 Å². The molecule has 3 N–H and O–H groups in total. The van der Waals surface area contributed by atoms with E-state index in [9.17, 15) is 18.8 Å². The third-order valence-corrected chi connectivity index (χ3v) is 4.24. The van der Waals surface area contributed by atoms with Crippen molar-refractivity contribution in [3.8, 4) is 11.4 Å². The van der Waals surface area contributed by atoms with Gasteiger partial charge in [-0.05, 0) is 18.2 Å². The first-order valence-corrected chi connectivity index (χ1v) is 8.18. The van der Waals surface area contributed by atoms with Gasteiger partial charge in [0.2, 0.25) is 0 Å². The summed E-state index contributed by atoms with van der Waals surface area (Å²) in [6.45, 7) is 0.118. The molecular formula is C19H13FN4O4. The Balaban J connectivity index is 1.69. The van der Waals surface area contributed by atoms with Crippen LogP contribution in [0.4, 0.5) is 10.2 Å². The number of nitrogens with two attached hydrogens (primary N) is 1. The molecule has 1 aromatic carbocycles. The number of hydrogen-bond acceptors (Lipinski definition) is 6. The zero-order valence-corrected chi connectivity index (χ0v) is 14.3. The van der Waals surface area contributed by atoms with Crippen LogP contribution in [0.15, 0.2) is 53.6 Å². The Kier molecular flexibility index (Phi) is 4.11. The van der Waals surface area contributed by atoms with Crippen LogP contribution in [-0.2, 0) is 6.61 Å². The molecular weight excluding hydrogens is 367 g/mol. The van der Waals surface area contributed by atoms with Crippen LogP contribution in [-0.4, -0.2) is 21.4 Å². The van der Waals surface area contributed by atoms with Gasteiger partial charge in [0.05, 0.1) is 16.8 Å². The van der Waals surface area contributed by atoms with Gasteiger partial charge < -0.3 is 10.5 Å². The number of halogens is 1. The molecule has 4 rings (SSSR count). The maximum atomic E-state index is 14.5. The van der Waals surface area contributed by atoms with Gasteiger partial charge in [-0.2, -0.15) is 0 Å². The molecule has 0 saturated carbocycles. The van der Waals surface area contributed by atoms with Gasteiger partial charge >= 0.3 is 0 Å². The summed E-state index contributed by atoms with van der Waals surface area (Å²) < 4.78 is 20.9. The largest absolute Gasteiger partial charge is 0.486 e. The number of carbonyl (C=O) groups excluding carboxylic acids is 2. The monoisotopic (exact) mass is 380 g/mol. The highest BCUT2D eigenvalue weighted by Gasteiger charge is 2.31. The van der Waals surface area contributed by atoms with E-state index in [1.165, 1.54) is 12.1 Å². The van der Waals surface area contributed by atoms with Gasteiger partial charge in [-0.25, -0.2) is 4.39 Å². The van der Waals surface area contributed by atoms with Crippen LogP contribution in [0.25, 0.3) is 5.69 Å². The zero-order valence-electron chi connectivity index (χ0n) is 14.3. The molecule has 0 unspecified atom stereocenters. The lowest BCUT2D eigenvalue weighted by Crippen LogP contribution is -2.24. The molecule has 0 radical (unpaired) electrons. The first kappa shape index (κ1) is 17.4. The number of ether oxygens (including phenoxy) is 1. The van der Waals surface area contributed by atoms with Crippen molar-refractivity contribution < 1.29 is 18.7 Å². The number of imide groups is 1. The van der Waals surface area contributed by atoms with Crippen molar-refractivity contribution in [2.45, 2.75) is 6.61 Å². The van der Waals surface area contributed by atoms with E-state index in [2.05, 4.69) is 10.3 Å². The van der Waals surface area contributed by atoms with Crippen LogP contribution in [0.3, 0.4) is 0 Å². The van der Waals surface area contributed by atoms with Crippen LogP contribution in [0.5, 0.6) is 5.75 Å². The fraction of sp³-hybridized carbons (Fsp3) is 0.0526. The molecule has 140 valence electrons. The van der Waals surface area contributed by atoms with E-state index in [-0.39, 0.29) is 35.0 Å². The standard InChI is InChI=1S/C19H13FN4O4/c20-13-6-11(3-4-14(13)28-9-10-2-1-5-22-8-10)24-15(25)7-12-16(17(24)21)19(27)23-18(12)26/h1-8H,9,21H2,(H,23,26,27). The van der Waals surface area contributed by atoms with E-state index in [0.717, 1.165) is 22.3 Å². The Morgan fingerprint density at radius 1 is 1.14 bits per heavy atom. The molecule has 8 nitrogen and oxygen atoms in total. The smallest absolute Gasteiger partial charge is 0.262 e. The quantitative estimate of drug-likeness (QED) is 0.661. The Morgan fingerprint density at radius 2 is 1.96 bits per heavy atom. The van der Waals surface area contributed by atoms with E-state index >= 15 is 0 Å². The van der Waals surface area contributed by atoms with E-state index in [0.29, 0.717) is 0 Å². The predicted molar refractivity (Wildman–Crippen MR) is 96.8 cm³/mol. The topological polar surface area (TPSA) is 116 Å². The third kappa shape index (κ3) is 2.88. The van der Waals surface area contributed by atoms with Crippen molar-refractivity contribution in [1.82, 2.24) is 14.9 Å². The van der Waals surface area contributed by atoms with Crippen molar-refractivity contribution in [3.05, 3.63) is 81.7 Å². The minimum absolute atomic E-state index is 0.0201. The number of pyridine rings is 2. The molecule has 1 aliphatic rings. The van der Waals surface area contributed by atoms with Crippen molar-refractivity contribution in [3.63, 3.8) is 0 Å². The Morgan fingerprint density at radius 3 is 2.68 bits per heavy atom. The minimum atomic E-state index is -0.714. The summed E-state index contributed by atoms with van der Waals surface area (Å²) in [5, 5.41) is 2.07. The number of nitrogen functional groups attached to an aromatic ring is 1. The van der Waals surface area contributed by atoms with Gasteiger partial charge in [0.15, 0.2) is 11.6 Å². The molecule has 0 bridgehead atoms. The number of amides is 2. The molecule has 0 aliphatic carbocycles. The molecule has 0 spiro atoms. The van der Waals surface area contributed by atoms with E-state index in [1.807, 2.05) is 0 Å². The fourth-order valence-electron chi connectivity index (χ4n) is 2.94. The SMILES string of the molecule is Nc1c2c(cc(=O)n1-c1ccc(OCc3cccnc3)c(F)c1)C(=O)NC2=O. The summed E-state index contributed by atoms with van der Waals surface area (Å²) in [7, 11) is 0. The van der Waals surface area contributed by atoms with E-state index in [1.54, 1.807) is 24.5 Å². The molecule has 3 aromatic rings. The van der Waals surface area contributed by atoms with Crippen LogP contribution in [0.2, 0.25) is 0 Å². The Bertz CT molecular complexity index is 1170. The number of nitrogens with zero attached hydrogens (tertiary/aromatic N) is 2. The number of anilines is 1. The van der Waals surface area contributed by atoms with Crippen LogP contribution < -0.4 is 21.3 Å². The molecule has 0 saturated heterocycles. The molecule has 9 heteroatoms. The lowest BCUT2D eigenvalue weighted by Gasteiger charge is -2.13. The molecule has 0 fully saturated rings. The first-order valence-electron chi connectivity index (χ1n) is 8.18. The minimum Gasteiger partial charge on any atom is -0.486 e. The molecule has 1 aliphatic heterocycles. The second-order valence-corrected chi connectivity index (χ2v) is 6.04. The highest BCUT2D eigenvalue weighted by Crippen LogP contribution is 2.26. The number of carbonyl (C=O) groups is 2. The van der Waals surface area contributed by atoms with Gasteiger partial charge in [0.1, 0.15) is 12.4 Å². The van der Waals surface area contributed by atoms with Gasteiger partial charge in [-0.1, -0.05) is 6.07 Å². The normalized spacial score (nSPS) is 12.6. The number of benzene rings is 1. The number of fused-ring (bicyclic) bond motifs is 1. The van der Waals surface area contributed by atoms with Crippen molar-refractivity contribution in [2.24, 2.45) is 0 Å². The predicted octanol–water partition coefficient (Wildman–Crippen LogP) is 1.42. The Hall–Kier alpha value is -4.01. The van der Waals surface area contributed by atoms with E-state index in [4.69, 9.17) is 10.5 Å². The molecule has 2 aromatic heterocycles. The van der Waals surface area contributed by atoms with Crippen molar-refractivity contribution in [2.75, 3.05) is 5.73 Å². The maximum absolute atomic E-state index is 14.5. The number of hydrogen-bond donors (Lipinski definition) is 2. The summed E-state index contributed by atoms with van der Waals surface area (Å²) in [5.74, 6) is -2.37. The summed E-state index contributed by atoms with van der Waals surface area (Å²) in [4.78, 5) is 39.9. The van der Waals surface area contributed by atoms with E-state index < -0.39 is 23.2 Å². The summed E-state index contributed by atoms with van der Waals surface area (Å²) in [5.41, 5.74) is 5.93. The second kappa shape index (κ2) is 6.62. The fourth-order valence-corrected chi connectivity index (χ4v) is 2.94. The maximum Gasteiger partial charge on any atom is 0.262 e. The first-order chi connectivity index (χ1) is 13.5. The molecule has 0 atom stereocenters. The number of rotatable bonds is 4. The molecule has 2 amide bonds. The molecule has 28 heavy (non-hydrogen) atoms. The molecule has 3 heterocycles. The van der Waals surface area contributed by atoms with Crippen LogP contribution >= 0.6 is 0 Å². The lowest BCUT2D eigenvalue weighted by molar-refractivity contribution is 0.0880. The van der Waals surface area contributed by atoms with Gasteiger partial charge in [-0.15, -0.1) is 0 Å². The Labute approximate surface area is 157 Å². The van der Waals surface area contributed by atoms with Gasteiger partial charge in [-0.3, -0.25) is 29.3 Å². The summed E-state index contributed by atoms with van der Waals surface area (Å²) in [6, 6.07) is 8.37. The lowest BCUT2D eigenvalue weighted by atomic mass is 10.1. The number of nitrogens with one attached hydrogen (secondary N) is 1.